The number of amides is 4. The van der Waals surface area contributed by atoms with E-state index in [1.165, 1.54) is 11.0 Å². The number of rotatable bonds is 12. The van der Waals surface area contributed by atoms with Gasteiger partial charge in [-0.05, 0) is 52.2 Å². The molecule has 4 N–H and O–H groups in total. The molecule has 0 aromatic heterocycles. The first-order valence-corrected chi connectivity index (χ1v) is 11.8. The lowest BCUT2D eigenvalue weighted by Crippen LogP contribution is -2.54. The van der Waals surface area contributed by atoms with Gasteiger partial charge in [0.2, 0.25) is 17.7 Å². The molecule has 1 rings (SSSR count). The Morgan fingerprint density at radius 1 is 1.20 bits per heavy atom. The standard InChI is InChI=1S/C26H40N4O5/c1-8-10-13-28-23(32)22(19-15-17(3)11-12-18(19)4)30(14-9-2)24(33)20(16-21(27)31)29-25(34)35-26(5,6)7/h9,11-12,15,20,22H,2,8,10,13-14,16H2,1,3-7H3,(H2,27,31)(H,28,32)(H,29,34). The van der Waals surface area contributed by atoms with Gasteiger partial charge in [-0.25, -0.2) is 4.79 Å². The number of benzene rings is 1. The van der Waals surface area contributed by atoms with Crippen LogP contribution in [0.1, 0.15) is 69.7 Å². The van der Waals surface area contributed by atoms with Crippen LogP contribution >= 0.6 is 0 Å². The maximum absolute atomic E-state index is 13.7. The van der Waals surface area contributed by atoms with E-state index in [1.807, 2.05) is 39.0 Å². The lowest BCUT2D eigenvalue weighted by atomic mass is 9.96. The van der Waals surface area contributed by atoms with Crippen LogP contribution in [0.5, 0.6) is 0 Å². The molecule has 0 heterocycles. The molecule has 0 saturated carbocycles. The molecule has 0 fully saturated rings. The number of unbranched alkanes of at least 4 members (excludes halogenated alkanes) is 1. The topological polar surface area (TPSA) is 131 Å². The Morgan fingerprint density at radius 3 is 2.40 bits per heavy atom. The quantitative estimate of drug-likeness (QED) is 0.307. The number of hydrogen-bond donors (Lipinski definition) is 3. The Balaban J connectivity index is 3.48. The zero-order valence-electron chi connectivity index (χ0n) is 21.8. The van der Waals surface area contributed by atoms with Crippen LogP contribution in [0.2, 0.25) is 0 Å². The average molecular weight is 489 g/mol. The Bertz CT molecular complexity index is 923. The lowest BCUT2D eigenvalue weighted by molar-refractivity contribution is -0.142. The summed E-state index contributed by atoms with van der Waals surface area (Å²) in [5.74, 6) is -1.79. The van der Waals surface area contributed by atoms with Crippen molar-refractivity contribution < 1.29 is 23.9 Å². The number of nitrogens with zero attached hydrogens (tertiary/aromatic N) is 1. The van der Waals surface area contributed by atoms with Crippen LogP contribution in [0.3, 0.4) is 0 Å². The number of carbonyl (C=O) groups excluding carboxylic acids is 4. The number of nitrogens with two attached hydrogens (primary N) is 1. The summed E-state index contributed by atoms with van der Waals surface area (Å²) in [6.45, 7) is 15.0. The first-order chi connectivity index (χ1) is 16.3. The van der Waals surface area contributed by atoms with E-state index in [0.29, 0.717) is 12.1 Å². The highest BCUT2D eigenvalue weighted by Gasteiger charge is 2.37. The fourth-order valence-electron chi connectivity index (χ4n) is 3.50. The molecule has 0 aliphatic rings. The van der Waals surface area contributed by atoms with Crippen molar-refractivity contribution in [2.24, 2.45) is 5.73 Å². The Morgan fingerprint density at radius 2 is 1.86 bits per heavy atom. The van der Waals surface area contributed by atoms with Crippen molar-refractivity contribution in [3.05, 3.63) is 47.5 Å². The minimum absolute atomic E-state index is 0.00331. The van der Waals surface area contributed by atoms with Gasteiger partial charge in [0.05, 0.1) is 6.42 Å². The lowest BCUT2D eigenvalue weighted by Gasteiger charge is -2.34. The molecule has 4 amide bonds. The van der Waals surface area contributed by atoms with Crippen molar-refractivity contribution in [1.82, 2.24) is 15.5 Å². The van der Waals surface area contributed by atoms with Crippen LogP contribution in [-0.2, 0) is 19.1 Å². The van der Waals surface area contributed by atoms with Gasteiger partial charge in [0.25, 0.3) is 0 Å². The molecule has 1 aromatic rings. The Hall–Kier alpha value is -3.36. The van der Waals surface area contributed by atoms with Crippen molar-refractivity contribution in [2.45, 2.75) is 78.5 Å². The number of hydrogen-bond acceptors (Lipinski definition) is 5. The van der Waals surface area contributed by atoms with Gasteiger partial charge in [0, 0.05) is 13.1 Å². The van der Waals surface area contributed by atoms with E-state index >= 15 is 0 Å². The zero-order chi connectivity index (χ0) is 26.8. The van der Waals surface area contributed by atoms with Gasteiger partial charge in [-0.3, -0.25) is 14.4 Å². The van der Waals surface area contributed by atoms with E-state index in [2.05, 4.69) is 17.2 Å². The number of alkyl carbamates (subject to hydrolysis) is 1. The predicted molar refractivity (Wildman–Crippen MR) is 135 cm³/mol. The summed E-state index contributed by atoms with van der Waals surface area (Å²) < 4.78 is 5.26. The summed E-state index contributed by atoms with van der Waals surface area (Å²) >= 11 is 0. The van der Waals surface area contributed by atoms with Crippen LogP contribution in [0.4, 0.5) is 4.79 Å². The number of primary amides is 1. The molecule has 0 radical (unpaired) electrons. The van der Waals surface area contributed by atoms with E-state index in [0.717, 1.165) is 24.0 Å². The number of ether oxygens (including phenoxy) is 1. The zero-order valence-corrected chi connectivity index (χ0v) is 21.8. The smallest absolute Gasteiger partial charge is 0.408 e. The van der Waals surface area contributed by atoms with Crippen LogP contribution in [0.15, 0.2) is 30.9 Å². The SMILES string of the molecule is C=CCN(C(=O)C(CC(N)=O)NC(=O)OC(C)(C)C)C(C(=O)NCCCC)c1cc(C)ccc1C. The molecule has 0 saturated heterocycles. The van der Waals surface area contributed by atoms with Gasteiger partial charge in [0.1, 0.15) is 17.7 Å². The van der Waals surface area contributed by atoms with Gasteiger partial charge in [-0.1, -0.05) is 43.2 Å². The van der Waals surface area contributed by atoms with Gasteiger partial charge in [0.15, 0.2) is 0 Å². The monoisotopic (exact) mass is 488 g/mol. The fourth-order valence-corrected chi connectivity index (χ4v) is 3.50. The van der Waals surface area contributed by atoms with Crippen molar-refractivity contribution in [3.8, 4) is 0 Å². The highest BCUT2D eigenvalue weighted by atomic mass is 16.6. The fraction of sp³-hybridized carbons (Fsp3) is 0.538. The van der Waals surface area contributed by atoms with Crippen LogP contribution in [0, 0.1) is 13.8 Å². The molecule has 9 nitrogen and oxygen atoms in total. The van der Waals surface area contributed by atoms with Crippen LogP contribution < -0.4 is 16.4 Å². The van der Waals surface area contributed by atoms with E-state index in [-0.39, 0.29) is 12.5 Å². The van der Waals surface area contributed by atoms with Crippen LogP contribution in [-0.4, -0.2) is 53.4 Å². The minimum atomic E-state index is -1.32. The molecule has 1 aromatic carbocycles. The molecule has 0 aliphatic heterocycles. The van der Waals surface area contributed by atoms with Crippen LogP contribution in [0.25, 0.3) is 0 Å². The molecule has 194 valence electrons. The van der Waals surface area contributed by atoms with Gasteiger partial charge < -0.3 is 26.0 Å². The molecule has 0 bridgehead atoms. The molecule has 0 spiro atoms. The highest BCUT2D eigenvalue weighted by Crippen LogP contribution is 2.27. The predicted octanol–water partition coefficient (Wildman–Crippen LogP) is 3.04. The third-order valence-corrected chi connectivity index (χ3v) is 5.12. The van der Waals surface area contributed by atoms with Gasteiger partial charge in [-0.15, -0.1) is 6.58 Å². The average Bonchev–Trinajstić information content (AvgIpc) is 2.73. The molecule has 0 aliphatic carbocycles. The molecule has 2 unspecified atom stereocenters. The molecular formula is C26H40N4O5. The molecule has 35 heavy (non-hydrogen) atoms. The third kappa shape index (κ3) is 9.80. The summed E-state index contributed by atoms with van der Waals surface area (Å²) in [4.78, 5) is 52.7. The summed E-state index contributed by atoms with van der Waals surface area (Å²) in [6.07, 6.45) is 1.84. The van der Waals surface area contributed by atoms with E-state index < -0.39 is 42.0 Å². The Kier molecular flexibility index (Phi) is 11.5. The van der Waals surface area contributed by atoms with Crippen molar-refractivity contribution in [2.75, 3.05) is 13.1 Å². The largest absolute Gasteiger partial charge is 0.444 e. The summed E-state index contributed by atoms with van der Waals surface area (Å²) in [6, 6.07) is 3.33. The minimum Gasteiger partial charge on any atom is -0.444 e. The second kappa shape index (κ2) is 13.5. The van der Waals surface area contributed by atoms with Gasteiger partial charge >= 0.3 is 6.09 Å². The number of aryl methyl sites for hydroxylation is 2. The number of nitrogens with one attached hydrogen (secondary N) is 2. The maximum Gasteiger partial charge on any atom is 0.408 e. The van der Waals surface area contributed by atoms with E-state index in [1.54, 1.807) is 20.8 Å². The van der Waals surface area contributed by atoms with Crippen molar-refractivity contribution >= 4 is 23.8 Å². The summed E-state index contributed by atoms with van der Waals surface area (Å²) in [5.41, 5.74) is 6.95. The normalized spacial score (nSPS) is 12.7. The molecule has 9 heteroatoms. The summed E-state index contributed by atoms with van der Waals surface area (Å²) in [5, 5.41) is 5.35. The maximum atomic E-state index is 13.7. The van der Waals surface area contributed by atoms with Crippen molar-refractivity contribution in [3.63, 3.8) is 0 Å². The van der Waals surface area contributed by atoms with Gasteiger partial charge in [-0.2, -0.15) is 0 Å². The molecule has 2 atom stereocenters. The summed E-state index contributed by atoms with van der Waals surface area (Å²) in [7, 11) is 0. The first-order valence-electron chi connectivity index (χ1n) is 11.8. The third-order valence-electron chi connectivity index (χ3n) is 5.12. The first kappa shape index (κ1) is 29.7. The second-order valence-corrected chi connectivity index (χ2v) is 9.56. The number of carbonyl (C=O) groups is 4. The Labute approximate surface area is 208 Å². The second-order valence-electron chi connectivity index (χ2n) is 9.56. The van der Waals surface area contributed by atoms with Crippen molar-refractivity contribution in [1.29, 1.82) is 0 Å². The van der Waals surface area contributed by atoms with E-state index in [9.17, 15) is 19.2 Å². The molecular weight excluding hydrogens is 448 g/mol. The van der Waals surface area contributed by atoms with E-state index in [4.69, 9.17) is 10.5 Å². The highest BCUT2D eigenvalue weighted by molar-refractivity contribution is 5.94.